The first-order valence-corrected chi connectivity index (χ1v) is 12.6. The second-order valence-electron chi connectivity index (χ2n) is 11.3. The molecule has 0 spiro atoms. The molecule has 170 valence electrons. The minimum absolute atomic E-state index is 0.112. The molecule has 1 aromatic heterocycles. The van der Waals surface area contributed by atoms with Gasteiger partial charge in [0.15, 0.2) is 0 Å². The molecule has 0 saturated heterocycles. The molecule has 5 fully saturated rings. The summed E-state index contributed by atoms with van der Waals surface area (Å²) < 4.78 is 2.09. The van der Waals surface area contributed by atoms with Crippen molar-refractivity contribution in [3.63, 3.8) is 0 Å². The van der Waals surface area contributed by atoms with Gasteiger partial charge < -0.3 is 14.4 Å². The summed E-state index contributed by atoms with van der Waals surface area (Å²) in [5, 5.41) is 0. The van der Waals surface area contributed by atoms with Gasteiger partial charge in [0.25, 0.3) is 0 Å². The molecule has 0 aliphatic heterocycles. The first-order chi connectivity index (χ1) is 14.9. The minimum atomic E-state index is -0.180. The van der Waals surface area contributed by atoms with Gasteiger partial charge >= 0.3 is 0 Å². The van der Waals surface area contributed by atoms with Crippen LogP contribution in [-0.2, 0) is 23.2 Å². The van der Waals surface area contributed by atoms with Crippen molar-refractivity contribution in [3.8, 4) is 0 Å². The summed E-state index contributed by atoms with van der Waals surface area (Å²) in [6.07, 6.45) is 12.3. The lowest BCUT2D eigenvalue weighted by molar-refractivity contribution is -0.162. The summed E-state index contributed by atoms with van der Waals surface area (Å²) >= 11 is 0. The fraction of sp³-hybridized carbons (Fsp3) is 0.769. The lowest BCUT2D eigenvalue weighted by Crippen LogP contribution is -2.57. The zero-order valence-corrected chi connectivity index (χ0v) is 19.6. The van der Waals surface area contributed by atoms with Gasteiger partial charge in [0.05, 0.1) is 12.0 Å². The highest BCUT2D eigenvalue weighted by Crippen LogP contribution is 2.60. The van der Waals surface area contributed by atoms with Gasteiger partial charge in [-0.1, -0.05) is 6.92 Å². The van der Waals surface area contributed by atoms with E-state index in [9.17, 15) is 9.59 Å². The first-order valence-electron chi connectivity index (χ1n) is 12.6. The van der Waals surface area contributed by atoms with Crippen molar-refractivity contribution < 1.29 is 9.59 Å². The Labute approximate surface area is 187 Å². The highest BCUT2D eigenvalue weighted by molar-refractivity contribution is 5.89. The summed E-state index contributed by atoms with van der Waals surface area (Å²) in [5.74, 6) is 2.64. The molecule has 6 rings (SSSR count). The predicted molar refractivity (Wildman–Crippen MR) is 121 cm³/mol. The maximum Gasteiger partial charge on any atom is 0.242 e. The van der Waals surface area contributed by atoms with E-state index in [1.165, 1.54) is 19.3 Å². The second kappa shape index (κ2) is 7.97. The number of aromatic nitrogens is 1. The maximum atomic E-state index is 14.1. The molecule has 31 heavy (non-hydrogen) atoms. The van der Waals surface area contributed by atoms with Crippen LogP contribution in [0, 0.1) is 23.2 Å². The van der Waals surface area contributed by atoms with Crippen molar-refractivity contribution in [2.24, 2.45) is 30.2 Å². The van der Waals surface area contributed by atoms with E-state index in [0.29, 0.717) is 18.5 Å². The number of nitrogens with zero attached hydrogens (tertiary/aromatic N) is 3. The molecule has 0 aromatic carbocycles. The number of carbonyl (C=O) groups is 2. The lowest BCUT2D eigenvalue weighted by Gasteiger charge is -2.57. The smallest absolute Gasteiger partial charge is 0.242 e. The van der Waals surface area contributed by atoms with Crippen LogP contribution < -0.4 is 0 Å². The van der Waals surface area contributed by atoms with Crippen molar-refractivity contribution in [1.29, 1.82) is 0 Å². The summed E-state index contributed by atoms with van der Waals surface area (Å²) in [7, 11) is 2.03. The van der Waals surface area contributed by atoms with Crippen LogP contribution in [0.2, 0.25) is 0 Å². The van der Waals surface area contributed by atoms with Gasteiger partial charge in [0, 0.05) is 31.0 Å². The van der Waals surface area contributed by atoms with Gasteiger partial charge in [-0.3, -0.25) is 9.59 Å². The molecule has 0 N–H and O–H groups in total. The molecule has 1 heterocycles. The van der Waals surface area contributed by atoms with Gasteiger partial charge in [0.1, 0.15) is 6.54 Å². The summed E-state index contributed by atoms with van der Waals surface area (Å²) in [6.45, 7) is 5.16. The number of rotatable bonds is 8. The number of hydrogen-bond acceptors (Lipinski definition) is 2. The molecular formula is C26H39N3O2. The minimum Gasteiger partial charge on any atom is -0.353 e. The molecule has 5 saturated carbocycles. The SMILES string of the molecule is CCC(C)N(CC(=O)N(Cc1cccn1C)C1CC1)C(=O)C12CC3CC(CC(C3)C1)C2. The quantitative estimate of drug-likeness (QED) is 0.621. The van der Waals surface area contributed by atoms with Crippen LogP contribution in [0.3, 0.4) is 0 Å². The third-order valence-electron chi connectivity index (χ3n) is 8.87. The largest absolute Gasteiger partial charge is 0.353 e. The molecule has 5 heteroatoms. The summed E-state index contributed by atoms with van der Waals surface area (Å²) in [4.78, 5) is 31.6. The fourth-order valence-corrected chi connectivity index (χ4v) is 7.20. The zero-order chi connectivity index (χ0) is 21.8. The first kappa shape index (κ1) is 21.1. The van der Waals surface area contributed by atoms with Crippen LogP contribution >= 0.6 is 0 Å². The molecule has 1 aromatic rings. The van der Waals surface area contributed by atoms with Crippen molar-refractivity contribution in [2.45, 2.75) is 90.3 Å². The third-order valence-corrected chi connectivity index (χ3v) is 8.87. The van der Waals surface area contributed by atoms with Crippen molar-refractivity contribution in [2.75, 3.05) is 6.54 Å². The van der Waals surface area contributed by atoms with Gasteiger partial charge in [-0.15, -0.1) is 0 Å². The number of amides is 2. The van der Waals surface area contributed by atoms with Crippen molar-refractivity contribution in [1.82, 2.24) is 14.4 Å². The normalized spacial score (nSPS) is 32.2. The zero-order valence-electron chi connectivity index (χ0n) is 19.6. The van der Waals surface area contributed by atoms with E-state index >= 15 is 0 Å². The Balaban J connectivity index is 1.34. The van der Waals surface area contributed by atoms with E-state index in [1.807, 2.05) is 29.1 Å². The molecular weight excluding hydrogens is 386 g/mol. The Hall–Kier alpha value is -1.78. The van der Waals surface area contributed by atoms with Crippen LogP contribution in [0.1, 0.15) is 77.3 Å². The number of aryl methyl sites for hydroxylation is 1. The van der Waals surface area contributed by atoms with E-state index in [2.05, 4.69) is 24.5 Å². The predicted octanol–water partition coefficient (Wildman–Crippen LogP) is 4.36. The van der Waals surface area contributed by atoms with E-state index in [0.717, 1.165) is 62.0 Å². The molecule has 1 atom stereocenters. The third kappa shape index (κ3) is 3.93. The summed E-state index contributed by atoms with van der Waals surface area (Å²) in [5.41, 5.74) is 0.976. The van der Waals surface area contributed by atoms with Gasteiger partial charge in [-0.2, -0.15) is 0 Å². The van der Waals surface area contributed by atoms with Crippen LogP contribution in [-0.4, -0.2) is 44.8 Å². The molecule has 5 nitrogen and oxygen atoms in total. The van der Waals surface area contributed by atoms with Crippen LogP contribution in [0.4, 0.5) is 0 Å². The monoisotopic (exact) mass is 425 g/mol. The van der Waals surface area contributed by atoms with E-state index in [4.69, 9.17) is 0 Å². The Morgan fingerprint density at radius 2 is 1.74 bits per heavy atom. The molecule has 5 aliphatic carbocycles. The Kier molecular flexibility index (Phi) is 5.42. The van der Waals surface area contributed by atoms with Gasteiger partial charge in [-0.25, -0.2) is 0 Å². The Morgan fingerprint density at radius 3 is 2.23 bits per heavy atom. The Bertz CT molecular complexity index is 804. The van der Waals surface area contributed by atoms with Crippen molar-refractivity contribution >= 4 is 11.8 Å². The summed E-state index contributed by atoms with van der Waals surface area (Å²) in [6, 6.07) is 4.58. The molecule has 4 bridgehead atoms. The average molecular weight is 426 g/mol. The highest BCUT2D eigenvalue weighted by atomic mass is 16.2. The highest BCUT2D eigenvalue weighted by Gasteiger charge is 2.56. The van der Waals surface area contributed by atoms with E-state index in [1.54, 1.807) is 0 Å². The fourth-order valence-electron chi connectivity index (χ4n) is 7.20. The second-order valence-corrected chi connectivity index (χ2v) is 11.3. The number of carbonyl (C=O) groups excluding carboxylic acids is 2. The molecule has 5 aliphatic rings. The van der Waals surface area contributed by atoms with Gasteiger partial charge in [0.2, 0.25) is 11.8 Å². The molecule has 0 radical (unpaired) electrons. The van der Waals surface area contributed by atoms with Crippen molar-refractivity contribution in [3.05, 3.63) is 24.0 Å². The van der Waals surface area contributed by atoms with Gasteiger partial charge in [-0.05, 0) is 94.6 Å². The Morgan fingerprint density at radius 1 is 1.13 bits per heavy atom. The molecule has 1 unspecified atom stereocenters. The number of hydrogen-bond donors (Lipinski definition) is 0. The van der Waals surface area contributed by atoms with Crippen LogP contribution in [0.25, 0.3) is 0 Å². The van der Waals surface area contributed by atoms with E-state index in [-0.39, 0.29) is 23.9 Å². The molecule has 2 amide bonds. The topological polar surface area (TPSA) is 45.6 Å². The maximum absolute atomic E-state index is 14.1. The average Bonchev–Trinajstić information content (AvgIpc) is 3.49. The van der Waals surface area contributed by atoms with Crippen LogP contribution in [0.5, 0.6) is 0 Å². The van der Waals surface area contributed by atoms with Crippen LogP contribution in [0.15, 0.2) is 18.3 Å². The standard InChI is InChI=1S/C26H39N3O2/c1-4-18(2)28(25(31)26-13-19-10-20(14-26)12-21(11-19)15-26)17-24(30)29(22-7-8-22)16-23-6-5-9-27(23)3/h5-6,9,18-22H,4,7-8,10-17H2,1-3H3. The van der Waals surface area contributed by atoms with E-state index < -0.39 is 0 Å². The lowest BCUT2D eigenvalue weighted by atomic mass is 9.49.